The number of benzene rings is 1. The Hall–Kier alpha value is -1.95. The summed E-state index contributed by atoms with van der Waals surface area (Å²) < 4.78 is 9.46. The number of carbonyl (C=O) groups is 1. The van der Waals surface area contributed by atoms with Crippen LogP contribution in [0.4, 0.5) is 0 Å². The zero-order chi connectivity index (χ0) is 13.9. The molecule has 2 aromatic rings. The van der Waals surface area contributed by atoms with Crippen molar-refractivity contribution in [1.82, 2.24) is 14.9 Å². The molecule has 20 heavy (non-hydrogen) atoms. The molecule has 1 atom stereocenters. The maximum atomic E-state index is 12.3. The van der Waals surface area contributed by atoms with Crippen LogP contribution < -0.4 is 10.1 Å². The molecule has 0 bridgehead atoms. The Balaban J connectivity index is 1.81. The number of nitrogens with zero attached hydrogens (tertiary/aromatic N) is 2. The van der Waals surface area contributed by atoms with E-state index in [1.54, 1.807) is 0 Å². The van der Waals surface area contributed by atoms with Crippen molar-refractivity contribution >= 4 is 17.4 Å². The monoisotopic (exact) mass is 289 g/mol. The smallest absolute Gasteiger partial charge is 0.265 e. The molecule has 1 aromatic carbocycles. The number of hydrogen-bond donors (Lipinski definition) is 1. The lowest BCUT2D eigenvalue weighted by molar-refractivity contribution is 0.0928. The lowest BCUT2D eigenvalue weighted by Crippen LogP contribution is -2.32. The summed E-state index contributed by atoms with van der Waals surface area (Å²) in [5, 5.41) is 7.04. The van der Waals surface area contributed by atoms with Crippen molar-refractivity contribution in [2.75, 3.05) is 6.61 Å². The third-order valence-electron chi connectivity index (χ3n) is 3.36. The third-order valence-corrected chi connectivity index (χ3v) is 4.13. The number of aryl methyl sites for hydroxylation is 1. The molecule has 2 heterocycles. The van der Waals surface area contributed by atoms with Crippen LogP contribution in [0.15, 0.2) is 24.3 Å². The number of hydrogen-bond acceptors (Lipinski definition) is 5. The van der Waals surface area contributed by atoms with Gasteiger partial charge >= 0.3 is 0 Å². The van der Waals surface area contributed by atoms with E-state index in [0.29, 0.717) is 17.9 Å². The first-order valence-corrected chi connectivity index (χ1v) is 7.40. The Morgan fingerprint density at radius 3 is 3.20 bits per heavy atom. The second kappa shape index (κ2) is 5.58. The summed E-state index contributed by atoms with van der Waals surface area (Å²) in [6, 6.07) is 7.80. The normalized spacial score (nSPS) is 17.1. The molecular formula is C14H15N3O2S. The molecular weight excluding hydrogens is 274 g/mol. The van der Waals surface area contributed by atoms with E-state index in [-0.39, 0.29) is 11.9 Å². The summed E-state index contributed by atoms with van der Waals surface area (Å²) in [6.45, 7) is 2.58. The zero-order valence-corrected chi connectivity index (χ0v) is 11.9. The van der Waals surface area contributed by atoms with Gasteiger partial charge in [0, 0.05) is 12.0 Å². The van der Waals surface area contributed by atoms with Gasteiger partial charge in [-0.2, -0.15) is 0 Å². The van der Waals surface area contributed by atoms with Gasteiger partial charge in [-0.15, -0.1) is 5.10 Å². The molecule has 104 valence electrons. The Morgan fingerprint density at radius 2 is 2.35 bits per heavy atom. The lowest BCUT2D eigenvalue weighted by atomic mass is 10.0. The molecule has 1 unspecified atom stereocenters. The van der Waals surface area contributed by atoms with Crippen LogP contribution in [0.2, 0.25) is 0 Å². The molecule has 1 amide bonds. The van der Waals surface area contributed by atoms with E-state index in [2.05, 4.69) is 14.9 Å². The van der Waals surface area contributed by atoms with E-state index in [0.717, 1.165) is 35.0 Å². The Morgan fingerprint density at radius 1 is 1.50 bits per heavy atom. The zero-order valence-electron chi connectivity index (χ0n) is 11.1. The standard InChI is InChI=1S/C14H15N3O2S/c1-2-10-13(20-17-16-10)14(18)15-11-7-8-19-12-6-4-3-5-9(11)12/h3-6,11H,2,7-8H2,1H3,(H,15,18). The molecule has 5 nitrogen and oxygen atoms in total. The van der Waals surface area contributed by atoms with Gasteiger partial charge in [0.15, 0.2) is 0 Å². The van der Waals surface area contributed by atoms with E-state index in [4.69, 9.17) is 4.74 Å². The fraction of sp³-hybridized carbons (Fsp3) is 0.357. The first kappa shape index (κ1) is 13.1. The number of amides is 1. The number of carbonyl (C=O) groups excluding carboxylic acids is 1. The van der Waals surface area contributed by atoms with Crippen molar-refractivity contribution in [3.05, 3.63) is 40.4 Å². The average Bonchev–Trinajstić information content (AvgIpc) is 2.96. The molecule has 0 aliphatic carbocycles. The average molecular weight is 289 g/mol. The number of ether oxygens (including phenoxy) is 1. The van der Waals surface area contributed by atoms with Crippen molar-refractivity contribution in [2.45, 2.75) is 25.8 Å². The van der Waals surface area contributed by atoms with E-state index in [9.17, 15) is 4.79 Å². The number of nitrogens with one attached hydrogen (secondary N) is 1. The van der Waals surface area contributed by atoms with Gasteiger partial charge < -0.3 is 10.1 Å². The van der Waals surface area contributed by atoms with Crippen LogP contribution in [0.1, 0.15) is 40.3 Å². The summed E-state index contributed by atoms with van der Waals surface area (Å²) >= 11 is 1.15. The van der Waals surface area contributed by atoms with Crippen LogP contribution >= 0.6 is 11.5 Å². The highest BCUT2D eigenvalue weighted by atomic mass is 32.1. The summed E-state index contributed by atoms with van der Waals surface area (Å²) in [6.07, 6.45) is 1.49. The number of para-hydroxylation sites is 1. The van der Waals surface area contributed by atoms with Gasteiger partial charge in [0.1, 0.15) is 10.6 Å². The van der Waals surface area contributed by atoms with Crippen LogP contribution in [0.25, 0.3) is 0 Å². The highest BCUT2D eigenvalue weighted by Gasteiger charge is 2.24. The second-order valence-electron chi connectivity index (χ2n) is 4.60. The molecule has 0 radical (unpaired) electrons. The molecule has 1 N–H and O–H groups in total. The minimum atomic E-state index is -0.0986. The van der Waals surface area contributed by atoms with Crippen molar-refractivity contribution in [1.29, 1.82) is 0 Å². The van der Waals surface area contributed by atoms with Gasteiger partial charge in [-0.25, -0.2) is 0 Å². The summed E-state index contributed by atoms with van der Waals surface area (Å²) in [7, 11) is 0. The third kappa shape index (κ3) is 2.38. The largest absolute Gasteiger partial charge is 0.493 e. The van der Waals surface area contributed by atoms with E-state index < -0.39 is 0 Å². The van der Waals surface area contributed by atoms with Gasteiger partial charge in [-0.3, -0.25) is 4.79 Å². The minimum Gasteiger partial charge on any atom is -0.493 e. The van der Waals surface area contributed by atoms with Crippen molar-refractivity contribution in [2.24, 2.45) is 0 Å². The van der Waals surface area contributed by atoms with Crippen molar-refractivity contribution in [3.63, 3.8) is 0 Å². The predicted octanol–water partition coefficient (Wildman–Crippen LogP) is 2.35. The van der Waals surface area contributed by atoms with Crippen LogP contribution in [0.3, 0.4) is 0 Å². The Labute approximate surface area is 121 Å². The van der Waals surface area contributed by atoms with Gasteiger partial charge in [0.2, 0.25) is 0 Å². The maximum Gasteiger partial charge on any atom is 0.265 e. The fourth-order valence-corrected chi connectivity index (χ4v) is 2.98. The van der Waals surface area contributed by atoms with Crippen LogP contribution in [0.5, 0.6) is 5.75 Å². The molecule has 3 rings (SSSR count). The van der Waals surface area contributed by atoms with Crippen LogP contribution in [-0.4, -0.2) is 22.1 Å². The predicted molar refractivity (Wildman–Crippen MR) is 76.0 cm³/mol. The molecule has 0 saturated heterocycles. The van der Waals surface area contributed by atoms with Crippen molar-refractivity contribution < 1.29 is 9.53 Å². The highest BCUT2D eigenvalue weighted by Crippen LogP contribution is 2.31. The van der Waals surface area contributed by atoms with Crippen molar-refractivity contribution in [3.8, 4) is 5.75 Å². The SMILES string of the molecule is CCc1nnsc1C(=O)NC1CCOc2ccccc21. The van der Waals surface area contributed by atoms with Gasteiger partial charge in [-0.1, -0.05) is 29.6 Å². The van der Waals surface area contributed by atoms with E-state index in [1.807, 2.05) is 31.2 Å². The molecule has 0 fully saturated rings. The molecule has 1 aliphatic heterocycles. The lowest BCUT2D eigenvalue weighted by Gasteiger charge is -2.26. The van der Waals surface area contributed by atoms with Crippen LogP contribution in [-0.2, 0) is 6.42 Å². The van der Waals surface area contributed by atoms with Gasteiger partial charge in [-0.05, 0) is 24.0 Å². The van der Waals surface area contributed by atoms with E-state index >= 15 is 0 Å². The minimum absolute atomic E-state index is 0.0146. The topological polar surface area (TPSA) is 64.1 Å². The quantitative estimate of drug-likeness (QED) is 0.942. The summed E-state index contributed by atoms with van der Waals surface area (Å²) in [4.78, 5) is 12.9. The number of fused-ring (bicyclic) bond motifs is 1. The molecule has 0 saturated carbocycles. The fourth-order valence-electron chi connectivity index (χ4n) is 2.33. The molecule has 1 aliphatic rings. The van der Waals surface area contributed by atoms with Crippen LogP contribution in [0, 0.1) is 0 Å². The first-order chi connectivity index (χ1) is 9.79. The number of aromatic nitrogens is 2. The number of rotatable bonds is 3. The second-order valence-corrected chi connectivity index (χ2v) is 5.36. The van der Waals surface area contributed by atoms with Gasteiger partial charge in [0.05, 0.1) is 18.3 Å². The molecule has 0 spiro atoms. The molecule has 6 heteroatoms. The summed E-state index contributed by atoms with van der Waals surface area (Å²) in [5.41, 5.74) is 1.79. The first-order valence-electron chi connectivity index (χ1n) is 6.63. The summed E-state index contributed by atoms with van der Waals surface area (Å²) in [5.74, 6) is 0.751. The highest BCUT2D eigenvalue weighted by molar-refractivity contribution is 7.08. The van der Waals surface area contributed by atoms with Gasteiger partial charge in [0.25, 0.3) is 5.91 Å². The Bertz CT molecular complexity index is 626. The van der Waals surface area contributed by atoms with E-state index in [1.165, 1.54) is 0 Å². The Kier molecular flexibility index (Phi) is 3.64. The molecule has 1 aromatic heterocycles. The maximum absolute atomic E-state index is 12.3.